The number of carbonyl (C=O) groups excluding carboxylic acids is 2. The summed E-state index contributed by atoms with van der Waals surface area (Å²) in [5, 5.41) is 7.99. The molecule has 2 aromatic carbocycles. The normalized spacial score (nSPS) is 12.1. The Balaban J connectivity index is 1.42. The minimum atomic E-state index is -0.0839. The van der Waals surface area contributed by atoms with Crippen molar-refractivity contribution >= 4 is 39.9 Å². The summed E-state index contributed by atoms with van der Waals surface area (Å²) < 4.78 is 0. The molecular formula is C26H28N4O2S. The molecule has 3 N–H and O–H groups in total. The van der Waals surface area contributed by atoms with Gasteiger partial charge in [-0.1, -0.05) is 32.0 Å². The number of aromatic amines is 1. The highest BCUT2D eigenvalue weighted by Gasteiger charge is 2.20. The number of amides is 2. The Morgan fingerprint density at radius 3 is 2.52 bits per heavy atom. The molecule has 0 saturated carbocycles. The number of nitrogens with zero attached hydrogens (tertiary/aromatic N) is 1. The van der Waals surface area contributed by atoms with Crippen LogP contribution in [-0.4, -0.2) is 21.8 Å². The van der Waals surface area contributed by atoms with Crippen molar-refractivity contribution in [2.75, 3.05) is 5.32 Å². The molecule has 4 aromatic rings. The van der Waals surface area contributed by atoms with Crippen LogP contribution in [0.1, 0.15) is 53.4 Å². The topological polar surface area (TPSA) is 86.9 Å². The highest BCUT2D eigenvalue weighted by Crippen LogP contribution is 2.26. The second kappa shape index (κ2) is 10.0. The third-order valence-corrected chi connectivity index (χ3v) is 6.48. The second-order valence-electron chi connectivity index (χ2n) is 8.50. The van der Waals surface area contributed by atoms with Gasteiger partial charge in [0.05, 0.1) is 17.1 Å². The first-order valence-electron chi connectivity index (χ1n) is 11.1. The van der Waals surface area contributed by atoms with Gasteiger partial charge in [-0.25, -0.2) is 4.98 Å². The van der Waals surface area contributed by atoms with Gasteiger partial charge in [-0.15, -0.1) is 11.3 Å². The molecule has 2 amide bonds. The molecule has 0 aliphatic heterocycles. The molecule has 2 heterocycles. The summed E-state index contributed by atoms with van der Waals surface area (Å²) in [5.41, 5.74) is 4.28. The monoisotopic (exact) mass is 460 g/mol. The molecule has 33 heavy (non-hydrogen) atoms. The van der Waals surface area contributed by atoms with E-state index in [-0.39, 0.29) is 17.9 Å². The molecular weight excluding hydrogens is 432 g/mol. The van der Waals surface area contributed by atoms with E-state index in [0.29, 0.717) is 11.5 Å². The van der Waals surface area contributed by atoms with Crippen molar-refractivity contribution in [1.82, 2.24) is 15.3 Å². The van der Waals surface area contributed by atoms with Crippen LogP contribution >= 0.6 is 11.3 Å². The fourth-order valence-electron chi connectivity index (χ4n) is 3.80. The highest BCUT2D eigenvalue weighted by atomic mass is 32.1. The summed E-state index contributed by atoms with van der Waals surface area (Å²) in [6.45, 7) is 5.72. The lowest BCUT2D eigenvalue weighted by Gasteiger charge is -2.21. The molecule has 4 rings (SSSR count). The SMILES string of the molecule is CC(=O)Nc1ccc(CCc2nc3ccc(C(=O)N[C@H](c4cccs4)C(C)C)cc3[nH]2)cc1. The molecule has 0 saturated heterocycles. The summed E-state index contributed by atoms with van der Waals surface area (Å²) in [7, 11) is 0. The molecule has 0 bridgehead atoms. The molecule has 170 valence electrons. The number of aryl methyl sites for hydroxylation is 2. The summed E-state index contributed by atoms with van der Waals surface area (Å²) in [6.07, 6.45) is 1.58. The number of carbonyl (C=O) groups is 2. The van der Waals surface area contributed by atoms with Crippen LogP contribution in [0.15, 0.2) is 60.0 Å². The first-order valence-corrected chi connectivity index (χ1v) is 12.0. The van der Waals surface area contributed by atoms with Gasteiger partial charge in [-0.3, -0.25) is 9.59 Å². The number of nitrogens with one attached hydrogen (secondary N) is 3. The minimum absolute atomic E-state index is 0.0115. The van der Waals surface area contributed by atoms with Crippen LogP contribution in [0.3, 0.4) is 0 Å². The van der Waals surface area contributed by atoms with E-state index in [1.165, 1.54) is 6.92 Å². The van der Waals surface area contributed by atoms with Gasteiger partial charge in [0.2, 0.25) is 5.91 Å². The van der Waals surface area contributed by atoms with Gasteiger partial charge >= 0.3 is 0 Å². The Kier molecular flexibility index (Phi) is 6.89. The number of benzene rings is 2. The summed E-state index contributed by atoms with van der Waals surface area (Å²) in [5.74, 6) is 1.01. The summed E-state index contributed by atoms with van der Waals surface area (Å²) in [6, 6.07) is 17.5. The Morgan fingerprint density at radius 2 is 1.85 bits per heavy atom. The lowest BCUT2D eigenvalue weighted by Crippen LogP contribution is -2.31. The number of rotatable bonds is 8. The zero-order valence-electron chi connectivity index (χ0n) is 19.0. The molecule has 0 aliphatic carbocycles. The number of fused-ring (bicyclic) bond motifs is 1. The van der Waals surface area contributed by atoms with Gasteiger partial charge in [-0.05, 0) is 59.7 Å². The zero-order chi connectivity index (χ0) is 23.4. The molecule has 6 nitrogen and oxygen atoms in total. The van der Waals surface area contributed by atoms with Crippen LogP contribution in [-0.2, 0) is 17.6 Å². The number of aromatic nitrogens is 2. The van der Waals surface area contributed by atoms with E-state index in [2.05, 4.69) is 40.5 Å². The molecule has 0 unspecified atom stereocenters. The lowest BCUT2D eigenvalue weighted by molar-refractivity contribution is -0.114. The van der Waals surface area contributed by atoms with Crippen molar-refractivity contribution in [3.63, 3.8) is 0 Å². The van der Waals surface area contributed by atoms with E-state index in [1.807, 2.05) is 53.9 Å². The molecule has 0 fully saturated rings. The third-order valence-electron chi connectivity index (χ3n) is 5.52. The van der Waals surface area contributed by atoms with Crippen LogP contribution < -0.4 is 10.6 Å². The van der Waals surface area contributed by atoms with E-state index in [0.717, 1.165) is 45.8 Å². The highest BCUT2D eigenvalue weighted by molar-refractivity contribution is 7.10. The van der Waals surface area contributed by atoms with Gasteiger partial charge in [0.1, 0.15) is 5.82 Å². The van der Waals surface area contributed by atoms with Crippen molar-refractivity contribution in [2.45, 2.75) is 39.7 Å². The molecule has 7 heteroatoms. The quantitative estimate of drug-likeness (QED) is 0.325. The number of hydrogen-bond donors (Lipinski definition) is 3. The van der Waals surface area contributed by atoms with Crippen LogP contribution in [0.4, 0.5) is 5.69 Å². The third kappa shape index (κ3) is 5.68. The van der Waals surface area contributed by atoms with Crippen molar-refractivity contribution in [3.8, 4) is 0 Å². The first kappa shape index (κ1) is 22.7. The number of H-pyrrole nitrogens is 1. The molecule has 0 spiro atoms. The molecule has 0 radical (unpaired) electrons. The van der Waals surface area contributed by atoms with Crippen molar-refractivity contribution in [3.05, 3.63) is 81.8 Å². The van der Waals surface area contributed by atoms with Gasteiger partial charge in [0, 0.05) is 29.5 Å². The maximum atomic E-state index is 12.9. The number of thiophene rings is 1. The Morgan fingerprint density at radius 1 is 1.06 bits per heavy atom. The maximum Gasteiger partial charge on any atom is 0.251 e. The molecule has 2 aromatic heterocycles. The van der Waals surface area contributed by atoms with Gasteiger partial charge in [-0.2, -0.15) is 0 Å². The fraction of sp³-hybridized carbons (Fsp3) is 0.269. The van der Waals surface area contributed by atoms with E-state index in [9.17, 15) is 9.59 Å². The van der Waals surface area contributed by atoms with Crippen LogP contribution in [0.25, 0.3) is 11.0 Å². The Hall–Kier alpha value is -3.45. The average molecular weight is 461 g/mol. The van der Waals surface area contributed by atoms with Gasteiger partial charge in [0.25, 0.3) is 5.91 Å². The first-order chi connectivity index (χ1) is 15.9. The number of hydrogen-bond acceptors (Lipinski definition) is 4. The maximum absolute atomic E-state index is 12.9. The smallest absolute Gasteiger partial charge is 0.251 e. The second-order valence-corrected chi connectivity index (χ2v) is 9.48. The van der Waals surface area contributed by atoms with Gasteiger partial charge < -0.3 is 15.6 Å². The summed E-state index contributed by atoms with van der Waals surface area (Å²) >= 11 is 1.66. The van der Waals surface area contributed by atoms with Crippen molar-refractivity contribution in [2.24, 2.45) is 5.92 Å². The standard InChI is InChI=1S/C26H28N4O2S/c1-16(2)25(23-5-4-14-33-23)30-26(32)19-9-12-21-22(15-19)29-24(28-21)13-8-18-6-10-20(11-7-18)27-17(3)31/h4-7,9-12,14-16,25H,8,13H2,1-3H3,(H,27,31)(H,28,29)(H,30,32)/t25-/m0/s1. The summed E-state index contributed by atoms with van der Waals surface area (Å²) in [4.78, 5) is 33.3. The fourth-order valence-corrected chi connectivity index (χ4v) is 4.75. The lowest BCUT2D eigenvalue weighted by atomic mass is 10.0. The Bertz CT molecular complexity index is 1240. The molecule has 1 atom stereocenters. The largest absolute Gasteiger partial charge is 0.344 e. The van der Waals surface area contributed by atoms with Crippen molar-refractivity contribution in [1.29, 1.82) is 0 Å². The van der Waals surface area contributed by atoms with Crippen LogP contribution in [0.2, 0.25) is 0 Å². The number of imidazole rings is 1. The van der Waals surface area contributed by atoms with E-state index >= 15 is 0 Å². The van der Waals surface area contributed by atoms with Crippen LogP contribution in [0.5, 0.6) is 0 Å². The van der Waals surface area contributed by atoms with Gasteiger partial charge in [0.15, 0.2) is 0 Å². The zero-order valence-corrected chi connectivity index (χ0v) is 19.8. The van der Waals surface area contributed by atoms with Crippen LogP contribution in [0, 0.1) is 5.92 Å². The van der Waals surface area contributed by atoms with E-state index < -0.39 is 0 Å². The molecule has 0 aliphatic rings. The van der Waals surface area contributed by atoms with Crippen molar-refractivity contribution < 1.29 is 9.59 Å². The Labute approximate surface area is 197 Å². The number of anilines is 1. The predicted molar refractivity (Wildman–Crippen MR) is 134 cm³/mol. The van der Waals surface area contributed by atoms with E-state index in [4.69, 9.17) is 0 Å². The predicted octanol–water partition coefficient (Wildman–Crippen LogP) is 5.50. The van der Waals surface area contributed by atoms with E-state index in [1.54, 1.807) is 11.3 Å². The minimum Gasteiger partial charge on any atom is -0.344 e. The average Bonchev–Trinajstić information content (AvgIpc) is 3.45.